The number of rotatable bonds is 4. The molecule has 0 atom stereocenters. The molecule has 1 aliphatic rings. The van der Waals surface area contributed by atoms with Gasteiger partial charge in [-0.3, -0.25) is 9.69 Å². The molecule has 22 heavy (non-hydrogen) atoms. The summed E-state index contributed by atoms with van der Waals surface area (Å²) in [6.07, 6.45) is 3.04. The van der Waals surface area contributed by atoms with E-state index in [1.165, 1.54) is 4.90 Å². The highest BCUT2D eigenvalue weighted by Gasteiger charge is 2.23. The van der Waals surface area contributed by atoms with Gasteiger partial charge in [0.05, 0.1) is 6.54 Å². The van der Waals surface area contributed by atoms with Crippen molar-refractivity contribution in [2.75, 3.05) is 18.1 Å². The monoisotopic (exact) mass is 313 g/mol. The molecule has 0 unspecified atom stereocenters. The summed E-state index contributed by atoms with van der Waals surface area (Å²) in [7, 11) is 0. The van der Waals surface area contributed by atoms with Crippen molar-refractivity contribution in [1.82, 2.24) is 0 Å². The second-order valence-electron chi connectivity index (χ2n) is 4.98. The minimum atomic E-state index is -0.366. The molecule has 4 nitrogen and oxygen atoms in total. The highest BCUT2D eigenvalue weighted by molar-refractivity contribution is 7.11. The molecular formula is C17H15NO3S. The van der Waals surface area contributed by atoms with Crippen LogP contribution in [0.25, 0.3) is 6.08 Å². The Morgan fingerprint density at radius 1 is 1.36 bits per heavy atom. The third-order valence-corrected chi connectivity index (χ3v) is 4.48. The molecule has 1 saturated heterocycles. The lowest BCUT2D eigenvalue weighted by Crippen LogP contribution is -2.23. The fourth-order valence-electron chi connectivity index (χ4n) is 2.26. The SMILES string of the molecule is Cc1ccsc1/C=C\C(=O)c1cccc(N2CCOC2=O)c1. The molecule has 3 rings (SSSR count). The third kappa shape index (κ3) is 2.94. The quantitative estimate of drug-likeness (QED) is 0.635. The Morgan fingerprint density at radius 2 is 2.23 bits per heavy atom. The van der Waals surface area contributed by atoms with Gasteiger partial charge in [-0.25, -0.2) is 4.79 Å². The van der Waals surface area contributed by atoms with Crippen molar-refractivity contribution in [3.63, 3.8) is 0 Å². The Balaban J connectivity index is 1.80. The highest BCUT2D eigenvalue weighted by Crippen LogP contribution is 2.21. The predicted octanol–water partition coefficient (Wildman–Crippen LogP) is 3.91. The molecule has 1 amide bonds. The summed E-state index contributed by atoms with van der Waals surface area (Å²) in [5.74, 6) is -0.0813. The maximum atomic E-state index is 12.3. The van der Waals surface area contributed by atoms with Gasteiger partial charge in [0.15, 0.2) is 5.78 Å². The van der Waals surface area contributed by atoms with E-state index < -0.39 is 0 Å². The maximum Gasteiger partial charge on any atom is 0.414 e. The first-order chi connectivity index (χ1) is 10.6. The molecule has 0 spiro atoms. The average molecular weight is 313 g/mol. The summed E-state index contributed by atoms with van der Waals surface area (Å²) in [4.78, 5) is 26.5. The summed E-state index contributed by atoms with van der Waals surface area (Å²) >= 11 is 1.60. The number of allylic oxidation sites excluding steroid dienone is 1. The third-order valence-electron chi connectivity index (χ3n) is 3.49. The second kappa shape index (κ2) is 6.15. The van der Waals surface area contributed by atoms with Gasteiger partial charge in [0.2, 0.25) is 0 Å². The number of ketones is 1. The molecule has 0 saturated carbocycles. The number of ether oxygens (including phenoxy) is 1. The fraction of sp³-hybridized carbons (Fsp3) is 0.176. The van der Waals surface area contributed by atoms with Crippen LogP contribution in [-0.2, 0) is 4.74 Å². The number of anilines is 1. The lowest BCUT2D eigenvalue weighted by Gasteiger charge is -2.13. The van der Waals surface area contributed by atoms with Crippen molar-refractivity contribution in [2.45, 2.75) is 6.92 Å². The average Bonchev–Trinajstić information content (AvgIpc) is 3.13. The molecular weight excluding hydrogens is 298 g/mol. The van der Waals surface area contributed by atoms with E-state index in [0.29, 0.717) is 24.4 Å². The van der Waals surface area contributed by atoms with Crippen molar-refractivity contribution in [3.8, 4) is 0 Å². The van der Waals surface area contributed by atoms with Crippen molar-refractivity contribution in [1.29, 1.82) is 0 Å². The number of hydrogen-bond donors (Lipinski definition) is 0. The zero-order valence-electron chi connectivity index (χ0n) is 12.1. The molecule has 0 N–H and O–H groups in total. The van der Waals surface area contributed by atoms with Gasteiger partial charge in [-0.2, -0.15) is 0 Å². The van der Waals surface area contributed by atoms with Gasteiger partial charge in [0.1, 0.15) is 6.61 Å². The van der Waals surface area contributed by atoms with Gasteiger partial charge >= 0.3 is 6.09 Å². The van der Waals surface area contributed by atoms with Crippen LogP contribution in [0.2, 0.25) is 0 Å². The fourth-order valence-corrected chi connectivity index (χ4v) is 3.08. The van der Waals surface area contributed by atoms with Crippen LogP contribution in [-0.4, -0.2) is 25.0 Å². The molecule has 1 aliphatic heterocycles. The Morgan fingerprint density at radius 3 is 2.91 bits per heavy atom. The van der Waals surface area contributed by atoms with Gasteiger partial charge in [0, 0.05) is 16.1 Å². The number of benzene rings is 1. The van der Waals surface area contributed by atoms with Gasteiger partial charge in [-0.15, -0.1) is 11.3 Å². The molecule has 1 aromatic heterocycles. The van der Waals surface area contributed by atoms with E-state index in [2.05, 4.69) is 0 Å². The van der Waals surface area contributed by atoms with Crippen molar-refractivity contribution >= 4 is 35.0 Å². The van der Waals surface area contributed by atoms with Crippen molar-refractivity contribution in [3.05, 3.63) is 57.8 Å². The standard InChI is InChI=1S/C17H15NO3S/c1-12-7-10-22-16(12)6-5-15(19)13-3-2-4-14(11-13)18-8-9-21-17(18)20/h2-7,10-11H,8-9H2,1H3/b6-5-. The molecule has 2 heterocycles. The Hall–Kier alpha value is -2.40. The minimum Gasteiger partial charge on any atom is -0.447 e. The van der Waals surface area contributed by atoms with Crippen LogP contribution in [0.3, 0.4) is 0 Å². The van der Waals surface area contributed by atoms with Crippen LogP contribution >= 0.6 is 11.3 Å². The highest BCUT2D eigenvalue weighted by atomic mass is 32.1. The van der Waals surface area contributed by atoms with Gasteiger partial charge in [0.25, 0.3) is 0 Å². The first-order valence-corrected chi connectivity index (χ1v) is 7.84. The summed E-state index contributed by atoms with van der Waals surface area (Å²) < 4.78 is 4.92. The summed E-state index contributed by atoms with van der Waals surface area (Å²) in [6.45, 7) is 2.91. The number of hydrogen-bond acceptors (Lipinski definition) is 4. The molecule has 0 bridgehead atoms. The molecule has 1 aromatic carbocycles. The number of aryl methyl sites for hydroxylation is 1. The Kier molecular flexibility index (Phi) is 4.06. The molecule has 1 fully saturated rings. The van der Waals surface area contributed by atoms with Gasteiger partial charge in [-0.1, -0.05) is 12.1 Å². The zero-order chi connectivity index (χ0) is 15.5. The number of thiophene rings is 1. The second-order valence-corrected chi connectivity index (χ2v) is 5.93. The van der Waals surface area contributed by atoms with E-state index in [-0.39, 0.29) is 11.9 Å². The topological polar surface area (TPSA) is 46.6 Å². The van der Waals surface area contributed by atoms with E-state index in [1.54, 1.807) is 41.7 Å². The molecule has 0 aliphatic carbocycles. The van der Waals surface area contributed by atoms with E-state index in [9.17, 15) is 9.59 Å². The molecule has 5 heteroatoms. The maximum absolute atomic E-state index is 12.3. The summed E-state index contributed by atoms with van der Waals surface area (Å²) in [5, 5.41) is 2.00. The number of carbonyl (C=O) groups excluding carboxylic acids is 2. The smallest absolute Gasteiger partial charge is 0.414 e. The predicted molar refractivity (Wildman–Crippen MR) is 87.6 cm³/mol. The largest absolute Gasteiger partial charge is 0.447 e. The normalized spacial score (nSPS) is 14.6. The van der Waals surface area contributed by atoms with E-state index >= 15 is 0 Å². The van der Waals surface area contributed by atoms with Crippen molar-refractivity contribution in [2.24, 2.45) is 0 Å². The zero-order valence-corrected chi connectivity index (χ0v) is 12.9. The van der Waals surface area contributed by atoms with Crippen LogP contribution in [0.5, 0.6) is 0 Å². The molecule has 112 valence electrons. The number of amides is 1. The van der Waals surface area contributed by atoms with Crippen LogP contribution in [0.4, 0.5) is 10.5 Å². The lowest BCUT2D eigenvalue weighted by molar-refractivity contribution is 0.104. The molecule has 2 aromatic rings. The first-order valence-electron chi connectivity index (χ1n) is 6.96. The van der Waals surface area contributed by atoms with Gasteiger partial charge < -0.3 is 4.74 Å². The van der Waals surface area contributed by atoms with Crippen LogP contribution in [0.15, 0.2) is 41.8 Å². The number of cyclic esters (lactones) is 1. The summed E-state index contributed by atoms with van der Waals surface area (Å²) in [6, 6.07) is 9.07. The van der Waals surface area contributed by atoms with Gasteiger partial charge in [-0.05, 0) is 48.2 Å². The Bertz CT molecular complexity index is 748. The summed E-state index contributed by atoms with van der Waals surface area (Å²) in [5.41, 5.74) is 2.40. The van der Waals surface area contributed by atoms with Crippen LogP contribution in [0, 0.1) is 6.92 Å². The molecule has 0 radical (unpaired) electrons. The van der Waals surface area contributed by atoms with E-state index in [4.69, 9.17) is 4.74 Å². The number of nitrogens with zero attached hydrogens (tertiary/aromatic N) is 1. The number of carbonyl (C=O) groups is 2. The van der Waals surface area contributed by atoms with Crippen molar-refractivity contribution < 1.29 is 14.3 Å². The lowest BCUT2D eigenvalue weighted by atomic mass is 10.1. The van der Waals surface area contributed by atoms with Crippen LogP contribution < -0.4 is 4.90 Å². The minimum absolute atomic E-state index is 0.0813. The Labute approximate surface area is 132 Å². The first kappa shape index (κ1) is 14.5. The van der Waals surface area contributed by atoms with Crippen LogP contribution in [0.1, 0.15) is 20.8 Å². The van der Waals surface area contributed by atoms with E-state index in [1.807, 2.05) is 24.4 Å². The van der Waals surface area contributed by atoms with E-state index in [0.717, 1.165) is 10.4 Å².